The average molecular weight is 431 g/mol. The zero-order chi connectivity index (χ0) is 22.7. The van der Waals surface area contributed by atoms with Gasteiger partial charge in [-0.1, -0.05) is 31.5 Å². The second-order valence-electron chi connectivity index (χ2n) is 7.63. The van der Waals surface area contributed by atoms with E-state index in [0.717, 1.165) is 40.9 Å². The maximum Gasteiger partial charge on any atom is 0.336 e. The molecule has 0 fully saturated rings. The predicted molar refractivity (Wildman–Crippen MR) is 124 cm³/mol. The summed E-state index contributed by atoms with van der Waals surface area (Å²) in [5.74, 6) is 0.156. The largest absolute Gasteiger partial charge is 0.484 e. The second-order valence-corrected chi connectivity index (χ2v) is 7.63. The van der Waals surface area contributed by atoms with Crippen molar-refractivity contribution in [2.75, 3.05) is 11.9 Å². The number of rotatable bonds is 7. The van der Waals surface area contributed by atoms with Gasteiger partial charge in [-0.15, -0.1) is 0 Å². The lowest BCUT2D eigenvalue weighted by Crippen LogP contribution is -2.21. The minimum Gasteiger partial charge on any atom is -0.484 e. The molecular formula is C25H25N3O4. The maximum absolute atomic E-state index is 12.5. The number of ether oxygens (including phenoxy) is 1. The molecule has 0 saturated heterocycles. The highest BCUT2D eigenvalue weighted by molar-refractivity contribution is 5.93. The Morgan fingerprint density at radius 2 is 1.91 bits per heavy atom. The monoisotopic (exact) mass is 431 g/mol. The Morgan fingerprint density at radius 3 is 2.66 bits per heavy atom. The molecule has 7 heteroatoms. The van der Waals surface area contributed by atoms with E-state index in [0.29, 0.717) is 17.0 Å². The van der Waals surface area contributed by atoms with Crippen molar-refractivity contribution in [3.05, 3.63) is 82.0 Å². The fraction of sp³-hybridized carbons (Fsp3) is 0.240. The zero-order valence-corrected chi connectivity index (χ0v) is 18.3. The van der Waals surface area contributed by atoms with Crippen molar-refractivity contribution in [3.63, 3.8) is 0 Å². The molecule has 2 aromatic heterocycles. The van der Waals surface area contributed by atoms with Crippen molar-refractivity contribution in [3.8, 4) is 11.4 Å². The molecule has 0 aliphatic rings. The number of nitrogens with one attached hydrogen (secondary N) is 1. The van der Waals surface area contributed by atoms with Crippen LogP contribution in [0.4, 0.5) is 5.69 Å². The molecule has 1 amide bonds. The average Bonchev–Trinajstić information content (AvgIpc) is 3.06. The molecule has 4 aromatic rings. The van der Waals surface area contributed by atoms with Crippen molar-refractivity contribution < 1.29 is 13.9 Å². The van der Waals surface area contributed by atoms with E-state index in [-0.39, 0.29) is 12.5 Å². The molecule has 0 spiro atoms. The molecule has 2 aromatic carbocycles. The number of aryl methyl sites for hydroxylation is 2. The van der Waals surface area contributed by atoms with Crippen molar-refractivity contribution in [1.82, 2.24) is 9.78 Å². The quantitative estimate of drug-likeness (QED) is 0.433. The Labute approximate surface area is 185 Å². The number of anilines is 1. The van der Waals surface area contributed by atoms with Gasteiger partial charge in [-0.25, -0.2) is 9.48 Å². The minimum atomic E-state index is -0.391. The van der Waals surface area contributed by atoms with Gasteiger partial charge < -0.3 is 14.5 Å². The van der Waals surface area contributed by atoms with Gasteiger partial charge in [0.1, 0.15) is 11.3 Å². The summed E-state index contributed by atoms with van der Waals surface area (Å²) in [6.07, 6.45) is 1.72. The van der Waals surface area contributed by atoms with E-state index in [2.05, 4.69) is 17.3 Å². The van der Waals surface area contributed by atoms with E-state index in [1.165, 1.54) is 6.07 Å². The summed E-state index contributed by atoms with van der Waals surface area (Å²) in [5, 5.41) is 8.30. The fourth-order valence-corrected chi connectivity index (χ4v) is 3.74. The number of para-hydroxylation sites is 1. The van der Waals surface area contributed by atoms with E-state index in [9.17, 15) is 9.59 Å². The predicted octanol–water partition coefficient (Wildman–Crippen LogP) is 4.57. The van der Waals surface area contributed by atoms with Crippen LogP contribution in [0.2, 0.25) is 0 Å². The van der Waals surface area contributed by atoms with Gasteiger partial charge >= 0.3 is 5.63 Å². The van der Waals surface area contributed by atoms with E-state index in [1.54, 1.807) is 16.8 Å². The number of carbonyl (C=O) groups is 1. The second kappa shape index (κ2) is 9.09. The summed E-state index contributed by atoms with van der Waals surface area (Å²) in [6, 6.07) is 16.5. The lowest BCUT2D eigenvalue weighted by molar-refractivity contribution is -0.118. The van der Waals surface area contributed by atoms with Gasteiger partial charge in [0.25, 0.3) is 5.91 Å². The normalized spacial score (nSPS) is 11.0. The third-order valence-electron chi connectivity index (χ3n) is 5.25. The summed E-state index contributed by atoms with van der Waals surface area (Å²) in [4.78, 5) is 24.4. The number of aromatic nitrogens is 2. The van der Waals surface area contributed by atoms with E-state index < -0.39 is 5.63 Å². The summed E-state index contributed by atoms with van der Waals surface area (Å²) in [6.45, 7) is 5.63. The Balaban J connectivity index is 1.47. The first-order valence-corrected chi connectivity index (χ1v) is 10.6. The highest BCUT2D eigenvalue weighted by atomic mass is 16.5. The molecule has 0 aliphatic carbocycles. The molecule has 164 valence electrons. The van der Waals surface area contributed by atoms with E-state index in [1.807, 2.05) is 50.2 Å². The number of fused-ring (bicyclic) bond motifs is 1. The number of amides is 1. The van der Waals surface area contributed by atoms with Crippen molar-refractivity contribution in [2.45, 2.75) is 33.6 Å². The first kappa shape index (κ1) is 21.4. The molecule has 0 unspecified atom stereocenters. The minimum absolute atomic E-state index is 0.181. The van der Waals surface area contributed by atoms with Gasteiger partial charge in [0, 0.05) is 17.5 Å². The molecule has 2 heterocycles. The summed E-state index contributed by atoms with van der Waals surface area (Å²) >= 11 is 0. The van der Waals surface area contributed by atoms with Crippen LogP contribution in [0.25, 0.3) is 16.7 Å². The maximum atomic E-state index is 12.5. The Morgan fingerprint density at radius 1 is 1.12 bits per heavy atom. The smallest absolute Gasteiger partial charge is 0.336 e. The van der Waals surface area contributed by atoms with Crippen molar-refractivity contribution in [1.29, 1.82) is 0 Å². The molecule has 0 aliphatic heterocycles. The Kier molecular flexibility index (Phi) is 6.07. The molecular weight excluding hydrogens is 406 g/mol. The van der Waals surface area contributed by atoms with Crippen LogP contribution in [0.5, 0.6) is 5.75 Å². The van der Waals surface area contributed by atoms with Crippen LogP contribution in [0.3, 0.4) is 0 Å². The van der Waals surface area contributed by atoms with Crippen LogP contribution >= 0.6 is 0 Å². The van der Waals surface area contributed by atoms with Crippen LogP contribution in [0.15, 0.2) is 63.8 Å². The number of hydrogen-bond acceptors (Lipinski definition) is 5. The SMILES string of the molecule is CCCc1cc(=O)oc2cc(OCC(=O)Nc3c(C)nn(-c4ccccc4)c3C)ccc12. The van der Waals surface area contributed by atoms with Gasteiger partial charge in [0.05, 0.1) is 22.8 Å². The Bertz CT molecular complexity index is 1320. The summed E-state index contributed by atoms with van der Waals surface area (Å²) in [5.41, 5.74) is 4.14. The molecule has 0 radical (unpaired) electrons. The van der Waals surface area contributed by atoms with Gasteiger partial charge in [-0.05, 0) is 50.1 Å². The van der Waals surface area contributed by atoms with Crippen LogP contribution in [-0.2, 0) is 11.2 Å². The number of hydrogen-bond donors (Lipinski definition) is 1. The molecule has 7 nitrogen and oxygen atoms in total. The molecule has 32 heavy (non-hydrogen) atoms. The molecule has 1 N–H and O–H groups in total. The highest BCUT2D eigenvalue weighted by Crippen LogP contribution is 2.25. The third kappa shape index (κ3) is 4.42. The highest BCUT2D eigenvalue weighted by Gasteiger charge is 2.16. The lowest BCUT2D eigenvalue weighted by Gasteiger charge is -2.10. The molecule has 4 rings (SSSR count). The van der Waals surface area contributed by atoms with Gasteiger partial charge in [0.15, 0.2) is 6.61 Å². The fourth-order valence-electron chi connectivity index (χ4n) is 3.74. The summed E-state index contributed by atoms with van der Waals surface area (Å²) in [7, 11) is 0. The zero-order valence-electron chi connectivity index (χ0n) is 18.3. The van der Waals surface area contributed by atoms with Crippen molar-refractivity contribution >= 4 is 22.6 Å². The van der Waals surface area contributed by atoms with E-state index in [4.69, 9.17) is 9.15 Å². The molecule has 0 bridgehead atoms. The van der Waals surface area contributed by atoms with Gasteiger partial charge in [-0.2, -0.15) is 5.10 Å². The van der Waals surface area contributed by atoms with Crippen LogP contribution in [0.1, 0.15) is 30.3 Å². The number of benzene rings is 2. The Hall–Kier alpha value is -3.87. The lowest BCUT2D eigenvalue weighted by atomic mass is 10.1. The summed E-state index contributed by atoms with van der Waals surface area (Å²) < 4.78 is 12.8. The topological polar surface area (TPSA) is 86.4 Å². The van der Waals surface area contributed by atoms with Crippen LogP contribution in [-0.4, -0.2) is 22.3 Å². The van der Waals surface area contributed by atoms with Crippen molar-refractivity contribution in [2.24, 2.45) is 0 Å². The molecule has 0 saturated carbocycles. The molecule has 0 atom stereocenters. The number of nitrogens with zero attached hydrogens (tertiary/aromatic N) is 2. The van der Waals surface area contributed by atoms with Gasteiger partial charge in [0.2, 0.25) is 0 Å². The number of carbonyl (C=O) groups excluding carboxylic acids is 1. The van der Waals surface area contributed by atoms with Crippen LogP contribution in [0, 0.1) is 13.8 Å². The van der Waals surface area contributed by atoms with E-state index >= 15 is 0 Å². The standard InChI is InChI=1S/C25H25N3O4/c1-4-8-18-13-24(30)32-22-14-20(11-12-21(18)22)31-15-23(29)26-25-16(2)27-28(17(25)3)19-9-6-5-7-10-19/h5-7,9-14H,4,8,15H2,1-3H3,(H,26,29). The van der Waals surface area contributed by atoms with Crippen LogP contribution < -0.4 is 15.7 Å². The first-order valence-electron chi connectivity index (χ1n) is 10.6. The van der Waals surface area contributed by atoms with Gasteiger partial charge in [-0.3, -0.25) is 4.79 Å². The third-order valence-corrected chi connectivity index (χ3v) is 5.25. The first-order chi connectivity index (χ1) is 15.5.